The summed E-state index contributed by atoms with van der Waals surface area (Å²) >= 11 is 1.11. The Labute approximate surface area is 177 Å². The predicted molar refractivity (Wildman–Crippen MR) is 109 cm³/mol. The summed E-state index contributed by atoms with van der Waals surface area (Å²) in [6, 6.07) is 9.68. The molecule has 0 bridgehead atoms. The number of alkyl halides is 3. The summed E-state index contributed by atoms with van der Waals surface area (Å²) < 4.78 is 59.0. The monoisotopic (exact) mass is 449 g/mol. The quantitative estimate of drug-likeness (QED) is 0.401. The van der Waals surface area contributed by atoms with Crippen molar-refractivity contribution in [3.63, 3.8) is 0 Å². The van der Waals surface area contributed by atoms with E-state index >= 15 is 0 Å². The summed E-state index contributed by atoms with van der Waals surface area (Å²) in [6.45, 7) is 1.71. The average molecular weight is 449 g/mol. The fourth-order valence-corrected chi connectivity index (χ4v) is 4.07. The highest BCUT2D eigenvalue weighted by Gasteiger charge is 2.34. The predicted octanol–water partition coefficient (Wildman–Crippen LogP) is 5.79. The average Bonchev–Trinajstić information content (AvgIpc) is 3.28. The number of carbonyl (C=O) groups is 1. The van der Waals surface area contributed by atoms with Crippen molar-refractivity contribution in [3.8, 4) is 17.0 Å². The van der Waals surface area contributed by atoms with Gasteiger partial charge in [-0.1, -0.05) is 11.3 Å². The van der Waals surface area contributed by atoms with Gasteiger partial charge in [0.1, 0.15) is 16.4 Å². The number of amides is 1. The van der Waals surface area contributed by atoms with Crippen molar-refractivity contribution in [2.75, 3.05) is 12.4 Å². The van der Waals surface area contributed by atoms with Gasteiger partial charge in [0.2, 0.25) is 0 Å². The van der Waals surface area contributed by atoms with Crippen molar-refractivity contribution in [1.82, 2.24) is 9.38 Å². The molecule has 0 aliphatic carbocycles. The number of imidazole rings is 1. The Morgan fingerprint density at radius 2 is 1.87 bits per heavy atom. The van der Waals surface area contributed by atoms with Crippen LogP contribution in [0.2, 0.25) is 0 Å². The minimum absolute atomic E-state index is 0.150. The molecule has 10 heteroatoms. The molecule has 0 saturated heterocycles. The molecule has 0 spiro atoms. The molecule has 4 aromatic rings. The normalized spacial score (nSPS) is 11.7. The van der Waals surface area contributed by atoms with Gasteiger partial charge in [0.05, 0.1) is 18.4 Å². The van der Waals surface area contributed by atoms with Crippen molar-refractivity contribution < 1.29 is 27.1 Å². The number of anilines is 1. The molecular formula is C21H15F4N3O2S. The second kappa shape index (κ2) is 7.69. The third-order valence-electron chi connectivity index (χ3n) is 4.68. The number of benzene rings is 2. The number of thiazole rings is 1. The Morgan fingerprint density at radius 3 is 2.48 bits per heavy atom. The summed E-state index contributed by atoms with van der Waals surface area (Å²) in [5.41, 5.74) is 0.573. The van der Waals surface area contributed by atoms with E-state index in [1.807, 2.05) is 24.3 Å². The van der Waals surface area contributed by atoms with E-state index in [-0.39, 0.29) is 5.69 Å². The first-order valence-corrected chi connectivity index (χ1v) is 9.80. The molecule has 0 aliphatic rings. The van der Waals surface area contributed by atoms with E-state index in [0.717, 1.165) is 28.7 Å². The van der Waals surface area contributed by atoms with Crippen molar-refractivity contribution in [2.45, 2.75) is 13.1 Å². The van der Waals surface area contributed by atoms with Crippen LogP contribution < -0.4 is 10.1 Å². The number of hydrogen-bond donors (Lipinski definition) is 1. The minimum atomic E-state index is -4.86. The van der Waals surface area contributed by atoms with Crippen molar-refractivity contribution in [1.29, 1.82) is 0 Å². The van der Waals surface area contributed by atoms with Crippen LogP contribution in [0.15, 0.2) is 48.7 Å². The van der Waals surface area contributed by atoms with E-state index in [0.29, 0.717) is 33.4 Å². The first kappa shape index (κ1) is 20.9. The Kier molecular flexibility index (Phi) is 5.18. The van der Waals surface area contributed by atoms with Crippen LogP contribution in [-0.2, 0) is 6.18 Å². The van der Waals surface area contributed by atoms with E-state index < -0.39 is 23.5 Å². The third-order valence-corrected chi connectivity index (χ3v) is 5.83. The second-order valence-electron chi connectivity index (χ2n) is 6.67. The molecule has 0 aliphatic heterocycles. The molecule has 0 saturated carbocycles. The molecule has 0 unspecified atom stereocenters. The number of nitrogens with zero attached hydrogens (tertiary/aromatic N) is 2. The van der Waals surface area contributed by atoms with Crippen LogP contribution in [0, 0.1) is 12.7 Å². The molecule has 0 radical (unpaired) electrons. The molecule has 160 valence electrons. The summed E-state index contributed by atoms with van der Waals surface area (Å²) in [4.78, 5) is 18.0. The lowest BCUT2D eigenvalue weighted by Gasteiger charge is -2.10. The molecule has 1 amide bonds. The molecular weight excluding hydrogens is 434 g/mol. The largest absolute Gasteiger partial charge is 0.497 e. The topological polar surface area (TPSA) is 55.6 Å². The first-order chi connectivity index (χ1) is 14.7. The van der Waals surface area contributed by atoms with Gasteiger partial charge in [-0.15, -0.1) is 0 Å². The lowest BCUT2D eigenvalue weighted by Crippen LogP contribution is -2.14. The van der Waals surface area contributed by atoms with E-state index in [4.69, 9.17) is 4.74 Å². The maximum absolute atomic E-state index is 13.5. The number of methoxy groups -OCH3 is 1. The van der Waals surface area contributed by atoms with E-state index in [2.05, 4.69) is 10.3 Å². The van der Waals surface area contributed by atoms with Gasteiger partial charge in [0, 0.05) is 23.1 Å². The van der Waals surface area contributed by atoms with Crippen molar-refractivity contribution >= 4 is 27.9 Å². The summed E-state index contributed by atoms with van der Waals surface area (Å²) in [6.07, 6.45) is -3.08. The fraction of sp³-hybridized carbons (Fsp3) is 0.143. The number of hydrogen-bond acceptors (Lipinski definition) is 4. The minimum Gasteiger partial charge on any atom is -0.497 e. The van der Waals surface area contributed by atoms with Crippen molar-refractivity contribution in [3.05, 3.63) is 70.6 Å². The SMILES string of the molecule is COc1ccc(-c2cn3c(C)c(C(=O)Nc4ccc(F)c(C(F)(F)F)c4)sc3n2)cc1. The Balaban J connectivity index is 1.60. The molecule has 0 atom stereocenters. The van der Waals surface area contributed by atoms with Gasteiger partial charge >= 0.3 is 6.18 Å². The lowest BCUT2D eigenvalue weighted by molar-refractivity contribution is -0.139. The Hall–Kier alpha value is -3.40. The number of ether oxygens (including phenoxy) is 1. The standard InChI is InChI=1S/C21H15F4N3O2S/c1-11-18(19(29)26-13-5-8-16(22)15(9-13)21(23,24)25)31-20-27-17(10-28(11)20)12-3-6-14(30-2)7-4-12/h3-10H,1-2H3,(H,26,29). The second-order valence-corrected chi connectivity index (χ2v) is 7.65. The number of nitrogens with one attached hydrogen (secondary N) is 1. The fourth-order valence-electron chi connectivity index (χ4n) is 3.07. The lowest BCUT2D eigenvalue weighted by atomic mass is 10.1. The summed E-state index contributed by atoms with van der Waals surface area (Å²) in [5, 5.41) is 2.40. The third kappa shape index (κ3) is 3.98. The number of rotatable bonds is 4. The zero-order chi connectivity index (χ0) is 22.3. The van der Waals surface area contributed by atoms with Crippen molar-refractivity contribution in [2.24, 2.45) is 0 Å². The van der Waals surface area contributed by atoms with Gasteiger partial charge < -0.3 is 10.1 Å². The highest BCUT2D eigenvalue weighted by molar-refractivity contribution is 7.19. The summed E-state index contributed by atoms with van der Waals surface area (Å²) in [5.74, 6) is -1.28. The van der Waals surface area contributed by atoms with Gasteiger partial charge in [0.25, 0.3) is 5.91 Å². The molecule has 5 nitrogen and oxygen atoms in total. The highest BCUT2D eigenvalue weighted by Crippen LogP contribution is 2.34. The number of aryl methyl sites for hydroxylation is 1. The molecule has 4 rings (SSSR count). The maximum atomic E-state index is 13.5. The Bertz CT molecular complexity index is 1280. The smallest absolute Gasteiger partial charge is 0.419 e. The molecule has 2 heterocycles. The van der Waals surface area contributed by atoms with Crippen LogP contribution >= 0.6 is 11.3 Å². The molecule has 1 N–H and O–H groups in total. The molecule has 2 aromatic carbocycles. The molecule has 2 aromatic heterocycles. The zero-order valence-electron chi connectivity index (χ0n) is 16.2. The van der Waals surface area contributed by atoms with Gasteiger partial charge in [-0.05, 0) is 49.4 Å². The highest BCUT2D eigenvalue weighted by atomic mass is 32.1. The molecule has 31 heavy (non-hydrogen) atoms. The van der Waals surface area contributed by atoms with E-state index in [1.54, 1.807) is 24.6 Å². The Morgan fingerprint density at radius 1 is 1.16 bits per heavy atom. The zero-order valence-corrected chi connectivity index (χ0v) is 17.1. The van der Waals surface area contributed by atoms with Crippen LogP contribution in [-0.4, -0.2) is 22.4 Å². The van der Waals surface area contributed by atoms with Gasteiger partial charge in [-0.3, -0.25) is 9.20 Å². The molecule has 0 fully saturated rings. The van der Waals surface area contributed by atoms with Crippen LogP contribution in [0.3, 0.4) is 0 Å². The first-order valence-electron chi connectivity index (χ1n) is 8.98. The van der Waals surface area contributed by atoms with Gasteiger partial charge in [-0.25, -0.2) is 9.37 Å². The maximum Gasteiger partial charge on any atom is 0.419 e. The van der Waals surface area contributed by atoms with Crippen LogP contribution in [0.1, 0.15) is 20.9 Å². The van der Waals surface area contributed by atoms with Gasteiger partial charge in [0.15, 0.2) is 4.96 Å². The van der Waals surface area contributed by atoms with E-state index in [1.165, 1.54) is 0 Å². The number of carbonyl (C=O) groups excluding carboxylic acids is 1. The number of aromatic nitrogens is 2. The number of halogens is 4. The summed E-state index contributed by atoms with van der Waals surface area (Å²) in [7, 11) is 1.58. The van der Waals surface area contributed by atoms with Crippen LogP contribution in [0.4, 0.5) is 23.2 Å². The van der Waals surface area contributed by atoms with Crippen LogP contribution in [0.25, 0.3) is 16.2 Å². The number of fused-ring (bicyclic) bond motifs is 1. The van der Waals surface area contributed by atoms with Crippen LogP contribution in [0.5, 0.6) is 5.75 Å². The van der Waals surface area contributed by atoms with Gasteiger partial charge in [-0.2, -0.15) is 13.2 Å². The van der Waals surface area contributed by atoms with E-state index in [9.17, 15) is 22.4 Å².